The number of anilines is 1. The van der Waals surface area contributed by atoms with Gasteiger partial charge in [0.25, 0.3) is 0 Å². The predicted molar refractivity (Wildman–Crippen MR) is 131 cm³/mol. The van der Waals surface area contributed by atoms with Gasteiger partial charge in [-0.25, -0.2) is 9.59 Å². The quantitative estimate of drug-likeness (QED) is 0.290. The Kier molecular flexibility index (Phi) is 7.33. The molecule has 0 aliphatic heterocycles. The molecule has 182 valence electrons. The summed E-state index contributed by atoms with van der Waals surface area (Å²) in [6.45, 7) is 0.257. The fourth-order valence-corrected chi connectivity index (χ4v) is 4.41. The molecular weight excluding hydrogens is 448 g/mol. The number of aliphatic hydroxyl groups excluding tert-OH is 2. The van der Waals surface area contributed by atoms with Crippen LogP contribution in [0.2, 0.25) is 0 Å². The normalized spacial score (nSPS) is 13.9. The summed E-state index contributed by atoms with van der Waals surface area (Å²) in [6, 6.07) is 20.5. The van der Waals surface area contributed by atoms with Gasteiger partial charge < -0.3 is 30.7 Å². The maximum atomic E-state index is 12.3. The summed E-state index contributed by atoms with van der Waals surface area (Å²) >= 11 is 0. The third-order valence-corrected chi connectivity index (χ3v) is 6.24. The molecule has 0 bridgehead atoms. The van der Waals surface area contributed by atoms with Crippen molar-refractivity contribution in [3.05, 3.63) is 89.0 Å². The summed E-state index contributed by atoms with van der Waals surface area (Å²) < 4.78 is 10.2. The van der Waals surface area contributed by atoms with Gasteiger partial charge in [0.2, 0.25) is 0 Å². The number of nitrogens with one attached hydrogen (secondary N) is 1. The van der Waals surface area contributed by atoms with Crippen molar-refractivity contribution in [1.29, 1.82) is 0 Å². The van der Waals surface area contributed by atoms with E-state index in [-0.39, 0.29) is 42.3 Å². The van der Waals surface area contributed by atoms with Crippen molar-refractivity contribution in [1.82, 2.24) is 5.32 Å². The largest absolute Gasteiger partial charge is 0.465 e. The van der Waals surface area contributed by atoms with E-state index in [2.05, 4.69) is 22.2 Å². The molecule has 0 heterocycles. The van der Waals surface area contributed by atoms with Crippen molar-refractivity contribution in [2.75, 3.05) is 26.0 Å². The molecule has 2 unspecified atom stereocenters. The van der Waals surface area contributed by atoms with Crippen LogP contribution in [0.15, 0.2) is 66.7 Å². The highest BCUT2D eigenvalue weighted by Crippen LogP contribution is 2.44. The number of ether oxygens (including phenoxy) is 2. The molecule has 1 aliphatic carbocycles. The highest BCUT2D eigenvalue weighted by atomic mass is 16.5. The first kappa shape index (κ1) is 24.3. The van der Waals surface area contributed by atoms with Crippen LogP contribution in [0.25, 0.3) is 11.1 Å². The average molecular weight is 477 g/mol. The molecule has 35 heavy (non-hydrogen) atoms. The second-order valence-electron chi connectivity index (χ2n) is 8.39. The summed E-state index contributed by atoms with van der Waals surface area (Å²) in [5.74, 6) is -0.629. The SMILES string of the molecule is COC(=O)c1ccc(N)c(C(O)C(O)CCNC(=O)OCC2c3ccccc3-c3ccccc32)c1. The monoisotopic (exact) mass is 476 g/mol. The lowest BCUT2D eigenvalue weighted by atomic mass is 9.98. The first-order valence-corrected chi connectivity index (χ1v) is 11.3. The third kappa shape index (κ3) is 5.13. The van der Waals surface area contributed by atoms with Crippen LogP contribution in [-0.4, -0.2) is 48.6 Å². The van der Waals surface area contributed by atoms with Gasteiger partial charge in [-0.15, -0.1) is 0 Å². The van der Waals surface area contributed by atoms with Crippen LogP contribution in [0.4, 0.5) is 10.5 Å². The van der Waals surface area contributed by atoms with Crippen molar-refractivity contribution >= 4 is 17.7 Å². The van der Waals surface area contributed by atoms with E-state index in [9.17, 15) is 19.8 Å². The summed E-state index contributed by atoms with van der Waals surface area (Å²) in [4.78, 5) is 24.0. The Morgan fingerprint density at radius 1 is 1.00 bits per heavy atom. The summed E-state index contributed by atoms with van der Waals surface area (Å²) in [6.07, 6.45) is -3.13. The molecule has 0 saturated carbocycles. The van der Waals surface area contributed by atoms with Crippen LogP contribution in [0.5, 0.6) is 0 Å². The van der Waals surface area contributed by atoms with Gasteiger partial charge in [-0.2, -0.15) is 0 Å². The number of benzene rings is 3. The Morgan fingerprint density at radius 3 is 2.26 bits per heavy atom. The molecule has 0 saturated heterocycles. The van der Waals surface area contributed by atoms with E-state index in [1.54, 1.807) is 0 Å². The first-order valence-electron chi connectivity index (χ1n) is 11.3. The van der Waals surface area contributed by atoms with Gasteiger partial charge in [0.1, 0.15) is 12.7 Å². The molecule has 0 fully saturated rings. The number of methoxy groups -OCH3 is 1. The van der Waals surface area contributed by atoms with E-state index in [1.165, 1.54) is 25.3 Å². The minimum Gasteiger partial charge on any atom is -0.465 e. The zero-order valence-corrected chi connectivity index (χ0v) is 19.3. The standard InChI is InChI=1S/C27H28N2O6/c1-34-26(32)16-10-11-23(28)21(14-16)25(31)24(30)12-13-29-27(33)35-15-22-19-8-4-2-6-17(19)18-7-3-5-9-20(18)22/h2-11,14,22,24-25,30-31H,12-13,15,28H2,1H3,(H,29,33). The minimum absolute atomic E-state index is 0.0489. The molecule has 0 spiro atoms. The Labute approximate surface area is 203 Å². The van der Waals surface area contributed by atoms with E-state index in [0.717, 1.165) is 22.3 Å². The van der Waals surface area contributed by atoms with Gasteiger partial charge in [-0.1, -0.05) is 48.5 Å². The smallest absolute Gasteiger partial charge is 0.407 e. The van der Waals surface area contributed by atoms with Gasteiger partial charge in [0, 0.05) is 23.7 Å². The Balaban J connectivity index is 1.30. The maximum Gasteiger partial charge on any atom is 0.407 e. The van der Waals surface area contributed by atoms with E-state index >= 15 is 0 Å². The van der Waals surface area contributed by atoms with Crippen molar-refractivity contribution in [3.8, 4) is 11.1 Å². The molecule has 8 heteroatoms. The number of hydrogen-bond acceptors (Lipinski definition) is 7. The fourth-order valence-electron chi connectivity index (χ4n) is 4.41. The molecule has 1 amide bonds. The number of aliphatic hydroxyl groups is 2. The van der Waals surface area contributed by atoms with Crippen molar-refractivity contribution < 1.29 is 29.3 Å². The zero-order valence-electron chi connectivity index (χ0n) is 19.3. The number of amides is 1. The zero-order chi connectivity index (χ0) is 24.9. The van der Waals surface area contributed by atoms with Gasteiger partial charge in [-0.3, -0.25) is 0 Å². The molecule has 0 aromatic heterocycles. The van der Waals surface area contributed by atoms with Crippen molar-refractivity contribution in [2.24, 2.45) is 0 Å². The molecular formula is C27H28N2O6. The Morgan fingerprint density at radius 2 is 1.63 bits per heavy atom. The van der Waals surface area contributed by atoms with Crippen LogP contribution >= 0.6 is 0 Å². The molecule has 2 atom stereocenters. The number of fused-ring (bicyclic) bond motifs is 3. The summed E-state index contributed by atoms with van der Waals surface area (Å²) in [5.41, 5.74) is 11.1. The molecule has 3 aromatic carbocycles. The highest BCUT2D eigenvalue weighted by Gasteiger charge is 2.29. The molecule has 0 radical (unpaired) electrons. The lowest BCUT2D eigenvalue weighted by Crippen LogP contribution is -2.31. The number of alkyl carbamates (subject to hydrolysis) is 1. The predicted octanol–water partition coefficient (Wildman–Crippen LogP) is 3.38. The van der Waals surface area contributed by atoms with Gasteiger partial charge in [0.05, 0.1) is 18.8 Å². The lowest BCUT2D eigenvalue weighted by molar-refractivity contribution is 0.0140. The highest BCUT2D eigenvalue weighted by molar-refractivity contribution is 5.90. The second kappa shape index (κ2) is 10.6. The number of carbonyl (C=O) groups is 2. The van der Waals surface area contributed by atoms with E-state index < -0.39 is 24.3 Å². The average Bonchev–Trinajstić information content (AvgIpc) is 3.20. The number of nitrogens with two attached hydrogens (primary N) is 1. The maximum absolute atomic E-state index is 12.3. The number of nitrogen functional groups attached to an aromatic ring is 1. The van der Waals surface area contributed by atoms with Crippen molar-refractivity contribution in [3.63, 3.8) is 0 Å². The van der Waals surface area contributed by atoms with Gasteiger partial charge >= 0.3 is 12.1 Å². The first-order chi connectivity index (χ1) is 16.9. The van der Waals surface area contributed by atoms with E-state index in [0.29, 0.717) is 0 Å². The van der Waals surface area contributed by atoms with Gasteiger partial charge in [0.15, 0.2) is 0 Å². The van der Waals surface area contributed by atoms with E-state index in [1.807, 2.05) is 36.4 Å². The molecule has 3 aromatic rings. The number of esters is 1. The van der Waals surface area contributed by atoms with E-state index in [4.69, 9.17) is 10.5 Å². The van der Waals surface area contributed by atoms with Crippen molar-refractivity contribution in [2.45, 2.75) is 24.5 Å². The molecule has 5 N–H and O–H groups in total. The van der Waals surface area contributed by atoms with Crippen LogP contribution < -0.4 is 11.1 Å². The number of hydrogen-bond donors (Lipinski definition) is 4. The minimum atomic E-state index is -1.34. The fraction of sp³-hybridized carbons (Fsp3) is 0.259. The van der Waals surface area contributed by atoms with Crippen LogP contribution in [0.1, 0.15) is 45.5 Å². The Bertz CT molecular complexity index is 1180. The topological polar surface area (TPSA) is 131 Å². The van der Waals surface area contributed by atoms with Crippen LogP contribution in [0.3, 0.4) is 0 Å². The van der Waals surface area contributed by atoms with Crippen LogP contribution in [-0.2, 0) is 9.47 Å². The van der Waals surface area contributed by atoms with Crippen LogP contribution in [0, 0.1) is 0 Å². The van der Waals surface area contributed by atoms with Gasteiger partial charge in [-0.05, 0) is 46.9 Å². The third-order valence-electron chi connectivity index (χ3n) is 6.24. The molecule has 8 nitrogen and oxygen atoms in total. The number of carbonyl (C=O) groups excluding carboxylic acids is 2. The lowest BCUT2D eigenvalue weighted by Gasteiger charge is -2.20. The molecule has 1 aliphatic rings. The number of rotatable bonds is 8. The summed E-state index contributed by atoms with van der Waals surface area (Å²) in [7, 11) is 1.25. The second-order valence-corrected chi connectivity index (χ2v) is 8.39. The Hall–Kier alpha value is -3.88. The molecule has 4 rings (SSSR count). The summed E-state index contributed by atoms with van der Waals surface area (Å²) in [5, 5.41) is 23.5.